The van der Waals surface area contributed by atoms with E-state index in [1.807, 2.05) is 32.8 Å². The molecule has 1 heterocycles. The highest BCUT2D eigenvalue weighted by Crippen LogP contribution is 2.16. The number of likely N-dealkylation sites (tertiary alicyclic amines) is 1. The molecule has 1 aliphatic rings. The molecule has 1 atom stereocenters. The van der Waals surface area contributed by atoms with Gasteiger partial charge in [0.2, 0.25) is 5.91 Å². The third kappa shape index (κ3) is 2.69. The second-order valence-corrected chi connectivity index (χ2v) is 5.00. The van der Waals surface area contributed by atoms with Gasteiger partial charge in [-0.3, -0.25) is 4.79 Å². The molecular weight excluding hydrogens is 190 g/mol. The monoisotopic (exact) mass is 213 g/mol. The normalized spacial score (nSPS) is 23.1. The van der Waals surface area contributed by atoms with Crippen molar-refractivity contribution in [2.45, 2.75) is 31.8 Å². The largest absolute Gasteiger partial charge is 0.340 e. The molecule has 4 heteroatoms. The lowest BCUT2D eigenvalue weighted by Gasteiger charge is -2.32. The highest BCUT2D eigenvalue weighted by molar-refractivity contribution is 5.85. The van der Waals surface area contributed by atoms with Crippen molar-refractivity contribution in [3.63, 3.8) is 0 Å². The Bertz CT molecular complexity index is 240. The van der Waals surface area contributed by atoms with Crippen molar-refractivity contribution in [2.24, 2.45) is 0 Å². The molecule has 0 aromatic carbocycles. The first-order chi connectivity index (χ1) is 6.88. The number of carbonyl (C=O) groups excluding carboxylic acids is 1. The van der Waals surface area contributed by atoms with Crippen LogP contribution in [-0.2, 0) is 4.79 Å². The molecule has 1 N–H and O–H groups in total. The Kier molecular flexibility index (Phi) is 3.73. The smallest absolute Gasteiger partial charge is 0.242 e. The van der Waals surface area contributed by atoms with Crippen LogP contribution in [0.15, 0.2) is 0 Å². The average molecular weight is 213 g/mol. The number of likely N-dealkylation sites (N-methyl/N-ethyl adjacent to an activating group) is 3. The highest BCUT2D eigenvalue weighted by atomic mass is 16.2. The average Bonchev–Trinajstić information content (AvgIpc) is 2.62. The summed E-state index contributed by atoms with van der Waals surface area (Å²) in [7, 11) is 5.83. The summed E-state index contributed by atoms with van der Waals surface area (Å²) in [6.45, 7) is 5.92. The minimum absolute atomic E-state index is 0.172. The van der Waals surface area contributed by atoms with E-state index in [4.69, 9.17) is 0 Å². The van der Waals surface area contributed by atoms with Crippen molar-refractivity contribution in [3.05, 3.63) is 0 Å². The summed E-state index contributed by atoms with van der Waals surface area (Å²) < 4.78 is 0. The topological polar surface area (TPSA) is 35.6 Å². The summed E-state index contributed by atoms with van der Waals surface area (Å²) >= 11 is 0. The van der Waals surface area contributed by atoms with Crippen molar-refractivity contribution >= 4 is 5.91 Å². The fourth-order valence-electron chi connectivity index (χ4n) is 1.94. The van der Waals surface area contributed by atoms with E-state index in [0.717, 1.165) is 19.5 Å². The lowest BCUT2D eigenvalue weighted by atomic mass is 10.0. The summed E-state index contributed by atoms with van der Waals surface area (Å²) in [5.41, 5.74) is -0.462. The van der Waals surface area contributed by atoms with Crippen molar-refractivity contribution < 1.29 is 4.79 Å². The molecule has 4 nitrogen and oxygen atoms in total. The van der Waals surface area contributed by atoms with Crippen LogP contribution in [0.5, 0.6) is 0 Å². The first kappa shape index (κ1) is 12.5. The van der Waals surface area contributed by atoms with Crippen molar-refractivity contribution in [2.75, 3.05) is 34.2 Å². The summed E-state index contributed by atoms with van der Waals surface area (Å²) in [5, 5.41) is 3.05. The van der Waals surface area contributed by atoms with Gasteiger partial charge in [-0.1, -0.05) is 0 Å². The molecule has 1 unspecified atom stereocenters. The van der Waals surface area contributed by atoms with Crippen LogP contribution in [-0.4, -0.2) is 61.5 Å². The quantitative estimate of drug-likeness (QED) is 0.725. The fourth-order valence-corrected chi connectivity index (χ4v) is 1.94. The van der Waals surface area contributed by atoms with Crippen molar-refractivity contribution in [1.29, 1.82) is 0 Å². The molecule has 0 aromatic rings. The van der Waals surface area contributed by atoms with Crippen LogP contribution in [0.3, 0.4) is 0 Å². The summed E-state index contributed by atoms with van der Waals surface area (Å²) in [4.78, 5) is 16.3. The molecule has 0 bridgehead atoms. The number of amides is 1. The third-order valence-corrected chi connectivity index (χ3v) is 3.39. The first-order valence-corrected chi connectivity index (χ1v) is 5.53. The SMILES string of the molecule is CNC(C)(C)C(=O)N(C)C1CCN(C)C1. The van der Waals surface area contributed by atoms with Gasteiger partial charge in [-0.25, -0.2) is 0 Å². The van der Waals surface area contributed by atoms with E-state index in [-0.39, 0.29) is 5.91 Å². The third-order valence-electron chi connectivity index (χ3n) is 3.39. The van der Waals surface area contributed by atoms with Crippen molar-refractivity contribution in [3.8, 4) is 0 Å². The minimum Gasteiger partial charge on any atom is -0.340 e. The van der Waals surface area contributed by atoms with E-state index in [1.165, 1.54) is 0 Å². The maximum absolute atomic E-state index is 12.1. The van der Waals surface area contributed by atoms with E-state index in [2.05, 4.69) is 17.3 Å². The number of carbonyl (C=O) groups is 1. The second kappa shape index (κ2) is 4.49. The van der Waals surface area contributed by atoms with E-state index in [1.54, 1.807) is 0 Å². The van der Waals surface area contributed by atoms with Crippen LogP contribution in [0.25, 0.3) is 0 Å². The number of hydrogen-bond donors (Lipinski definition) is 1. The number of rotatable bonds is 3. The van der Waals surface area contributed by atoms with Crippen LogP contribution in [0, 0.1) is 0 Å². The molecule has 0 spiro atoms. The first-order valence-electron chi connectivity index (χ1n) is 5.53. The molecule has 1 saturated heterocycles. The van der Waals surface area contributed by atoms with Gasteiger partial charge in [0.05, 0.1) is 5.54 Å². The van der Waals surface area contributed by atoms with Gasteiger partial charge in [0.1, 0.15) is 0 Å². The zero-order chi connectivity index (χ0) is 11.6. The van der Waals surface area contributed by atoms with E-state index in [9.17, 15) is 4.79 Å². The van der Waals surface area contributed by atoms with Crippen LogP contribution in [0.2, 0.25) is 0 Å². The Balaban J connectivity index is 2.60. The van der Waals surface area contributed by atoms with E-state index in [0.29, 0.717) is 6.04 Å². The minimum atomic E-state index is -0.462. The van der Waals surface area contributed by atoms with Gasteiger partial charge in [-0.15, -0.1) is 0 Å². The number of hydrogen-bond acceptors (Lipinski definition) is 3. The number of nitrogens with zero attached hydrogens (tertiary/aromatic N) is 2. The molecule has 0 saturated carbocycles. The lowest BCUT2D eigenvalue weighted by molar-refractivity contribution is -0.137. The molecule has 1 rings (SSSR count). The molecule has 1 amide bonds. The van der Waals surface area contributed by atoms with E-state index < -0.39 is 5.54 Å². The molecule has 88 valence electrons. The zero-order valence-corrected chi connectivity index (χ0v) is 10.5. The Hall–Kier alpha value is -0.610. The molecule has 0 aromatic heterocycles. The number of nitrogens with one attached hydrogen (secondary N) is 1. The van der Waals surface area contributed by atoms with Gasteiger partial charge in [-0.05, 0) is 40.9 Å². The van der Waals surface area contributed by atoms with Gasteiger partial charge in [0, 0.05) is 19.6 Å². The zero-order valence-electron chi connectivity index (χ0n) is 10.5. The maximum Gasteiger partial charge on any atom is 0.242 e. The molecular formula is C11H23N3O. The van der Waals surface area contributed by atoms with Gasteiger partial charge in [0.15, 0.2) is 0 Å². The van der Waals surface area contributed by atoms with Gasteiger partial charge in [-0.2, -0.15) is 0 Å². The Morgan fingerprint density at radius 1 is 1.53 bits per heavy atom. The van der Waals surface area contributed by atoms with Gasteiger partial charge < -0.3 is 15.1 Å². The molecule has 0 aliphatic carbocycles. The second-order valence-electron chi connectivity index (χ2n) is 5.00. The lowest BCUT2D eigenvalue weighted by Crippen LogP contribution is -2.54. The molecule has 1 fully saturated rings. The fraction of sp³-hybridized carbons (Fsp3) is 0.909. The van der Waals surface area contributed by atoms with E-state index >= 15 is 0 Å². The Morgan fingerprint density at radius 2 is 2.13 bits per heavy atom. The molecule has 15 heavy (non-hydrogen) atoms. The van der Waals surface area contributed by atoms with Crippen LogP contribution >= 0.6 is 0 Å². The summed E-state index contributed by atoms with van der Waals surface area (Å²) in [6, 6.07) is 0.370. The maximum atomic E-state index is 12.1. The highest BCUT2D eigenvalue weighted by Gasteiger charge is 2.34. The predicted molar refractivity (Wildman–Crippen MR) is 61.8 cm³/mol. The molecule has 0 radical (unpaired) electrons. The summed E-state index contributed by atoms with van der Waals surface area (Å²) in [5.74, 6) is 0.172. The van der Waals surface area contributed by atoms with Gasteiger partial charge >= 0.3 is 0 Å². The van der Waals surface area contributed by atoms with Crippen LogP contribution in [0.1, 0.15) is 20.3 Å². The summed E-state index contributed by atoms with van der Waals surface area (Å²) in [6.07, 6.45) is 1.08. The van der Waals surface area contributed by atoms with Crippen molar-refractivity contribution in [1.82, 2.24) is 15.1 Å². The Labute approximate surface area is 92.6 Å². The van der Waals surface area contributed by atoms with Crippen LogP contribution in [0.4, 0.5) is 0 Å². The molecule has 1 aliphatic heterocycles. The standard InChI is InChI=1S/C11H23N3O/c1-11(2,12-3)10(15)14(5)9-6-7-13(4)8-9/h9,12H,6-8H2,1-5H3. The predicted octanol–water partition coefficient (Wildman–Crippen LogP) is 0.147. The van der Waals surface area contributed by atoms with Gasteiger partial charge in [0.25, 0.3) is 0 Å². The Morgan fingerprint density at radius 3 is 2.53 bits per heavy atom. The van der Waals surface area contributed by atoms with Crippen LogP contribution < -0.4 is 5.32 Å².